The Bertz CT molecular complexity index is 936. The van der Waals surface area contributed by atoms with E-state index in [-0.39, 0.29) is 19.6 Å². The first kappa shape index (κ1) is 49.1. The summed E-state index contributed by atoms with van der Waals surface area (Å²) >= 11 is 0. The van der Waals surface area contributed by atoms with Crippen LogP contribution in [0.25, 0.3) is 0 Å². The van der Waals surface area contributed by atoms with Gasteiger partial charge in [0, 0.05) is 13.0 Å². The molecule has 1 aliphatic rings. The van der Waals surface area contributed by atoms with E-state index in [9.17, 15) is 28.5 Å². The Hall–Kier alpha value is -0.900. The quantitative estimate of drug-likeness (QED) is 0.0277. The molecular weight excluding hydrogens is 692 g/mol. The maximum atomic E-state index is 12.8. The van der Waals surface area contributed by atoms with Crippen molar-refractivity contribution >= 4 is 16.4 Å². The minimum atomic E-state index is -5.05. The van der Waals surface area contributed by atoms with Gasteiger partial charge in [0.2, 0.25) is 0 Å². The van der Waals surface area contributed by atoms with Crippen molar-refractivity contribution in [2.24, 2.45) is 0 Å². The van der Waals surface area contributed by atoms with Crippen molar-refractivity contribution in [3.05, 3.63) is 0 Å². The van der Waals surface area contributed by atoms with Gasteiger partial charge in [-0.25, -0.2) is 4.18 Å². The maximum Gasteiger partial charge on any atom is 0.397 e. The molecule has 0 radical (unpaired) electrons. The third kappa shape index (κ3) is 26.0. The van der Waals surface area contributed by atoms with Crippen molar-refractivity contribution in [3.63, 3.8) is 0 Å². The van der Waals surface area contributed by atoms with Crippen molar-refractivity contribution in [2.75, 3.05) is 26.4 Å². The third-order valence-electron chi connectivity index (χ3n) is 9.73. The van der Waals surface area contributed by atoms with Crippen LogP contribution in [0.1, 0.15) is 181 Å². The summed E-state index contributed by atoms with van der Waals surface area (Å²) in [6.07, 6.45) is 21.4. The monoisotopic (exact) mass is 769 g/mol. The standard InChI is InChI=1S/C39H76O12S/c1-3-5-7-9-11-13-15-16-17-18-20-22-24-26-28-35(41)49-33(31-47-29-27-25-23-21-19-14-12-10-8-6-4-2)32-48-39-37(43)38(51-52(44,45)46)36(42)34(30-40)50-39/h33-34,36-40,42-43H,3-32H2,1-2H3,(H,44,45,46). The van der Waals surface area contributed by atoms with Gasteiger partial charge in [-0.05, 0) is 12.8 Å². The highest BCUT2D eigenvalue weighted by Crippen LogP contribution is 2.26. The Balaban J connectivity index is 2.46. The lowest BCUT2D eigenvalue weighted by molar-refractivity contribution is -0.301. The molecule has 0 amide bonds. The zero-order valence-electron chi connectivity index (χ0n) is 32.6. The molecule has 0 aliphatic carbocycles. The number of rotatable bonds is 36. The van der Waals surface area contributed by atoms with E-state index in [0.29, 0.717) is 13.0 Å². The highest BCUT2D eigenvalue weighted by Gasteiger charge is 2.48. The number of carbonyl (C=O) groups is 1. The molecule has 12 nitrogen and oxygen atoms in total. The van der Waals surface area contributed by atoms with E-state index in [0.717, 1.165) is 38.5 Å². The van der Waals surface area contributed by atoms with Gasteiger partial charge in [0.05, 0.1) is 19.8 Å². The molecule has 310 valence electrons. The minimum Gasteiger partial charge on any atom is -0.457 e. The molecule has 1 fully saturated rings. The molecule has 1 heterocycles. The number of unbranched alkanes of at least 4 members (excludes halogenated alkanes) is 23. The molecule has 6 unspecified atom stereocenters. The first-order valence-electron chi connectivity index (χ1n) is 20.8. The van der Waals surface area contributed by atoms with Crippen molar-refractivity contribution in [1.29, 1.82) is 0 Å². The van der Waals surface area contributed by atoms with E-state index in [1.807, 2.05) is 0 Å². The molecule has 1 saturated heterocycles. The number of carbonyl (C=O) groups excluding carboxylic acids is 1. The van der Waals surface area contributed by atoms with Crippen LogP contribution in [-0.2, 0) is 38.3 Å². The van der Waals surface area contributed by atoms with E-state index in [4.69, 9.17) is 23.5 Å². The lowest BCUT2D eigenvalue weighted by atomic mass is 9.99. The summed E-state index contributed by atoms with van der Waals surface area (Å²) in [5.41, 5.74) is 0. The van der Waals surface area contributed by atoms with Crippen LogP contribution in [0, 0.1) is 0 Å². The van der Waals surface area contributed by atoms with Gasteiger partial charge in [-0.1, -0.05) is 162 Å². The summed E-state index contributed by atoms with van der Waals surface area (Å²) in [5, 5.41) is 30.5. The van der Waals surface area contributed by atoms with Crippen LogP contribution in [0.5, 0.6) is 0 Å². The van der Waals surface area contributed by atoms with Crippen molar-refractivity contribution in [2.45, 2.75) is 218 Å². The van der Waals surface area contributed by atoms with E-state index in [2.05, 4.69) is 18.0 Å². The molecule has 0 aromatic rings. The van der Waals surface area contributed by atoms with Crippen molar-refractivity contribution < 1.29 is 56.2 Å². The Labute approximate surface area is 316 Å². The Kier molecular flexibility index (Phi) is 30.6. The Morgan fingerprint density at radius 2 is 1.10 bits per heavy atom. The molecule has 0 aromatic heterocycles. The molecule has 0 aromatic carbocycles. The van der Waals surface area contributed by atoms with Crippen molar-refractivity contribution in [1.82, 2.24) is 0 Å². The summed E-state index contributed by atoms with van der Waals surface area (Å²) < 4.78 is 58.8. The number of hydrogen-bond donors (Lipinski definition) is 4. The van der Waals surface area contributed by atoms with Crippen molar-refractivity contribution in [3.8, 4) is 0 Å². The van der Waals surface area contributed by atoms with Crippen LogP contribution < -0.4 is 0 Å². The first-order chi connectivity index (χ1) is 25.1. The fourth-order valence-corrected chi connectivity index (χ4v) is 7.06. The molecule has 0 bridgehead atoms. The van der Waals surface area contributed by atoms with E-state index in [1.165, 1.54) is 116 Å². The van der Waals surface area contributed by atoms with Gasteiger partial charge in [-0.15, -0.1) is 0 Å². The average Bonchev–Trinajstić information content (AvgIpc) is 3.11. The number of hydrogen-bond acceptors (Lipinski definition) is 11. The summed E-state index contributed by atoms with van der Waals surface area (Å²) in [6, 6.07) is 0. The number of esters is 1. The molecular formula is C39H76O12S. The molecule has 6 atom stereocenters. The second-order valence-electron chi connectivity index (χ2n) is 14.6. The average molecular weight is 769 g/mol. The van der Waals surface area contributed by atoms with Gasteiger partial charge in [-0.3, -0.25) is 9.35 Å². The molecule has 0 spiro atoms. The Morgan fingerprint density at radius 3 is 1.54 bits per heavy atom. The lowest BCUT2D eigenvalue weighted by Crippen LogP contribution is -2.60. The number of aliphatic hydroxyl groups excluding tert-OH is 3. The fraction of sp³-hybridized carbons (Fsp3) is 0.974. The fourth-order valence-electron chi connectivity index (χ4n) is 6.56. The summed E-state index contributed by atoms with van der Waals surface area (Å²) in [6.45, 7) is 4.00. The SMILES string of the molecule is CCCCCCCCCCCCCCCCC(=O)OC(COCCCCCCCCCCCCC)COC1OC(CO)C(O)C(OS(=O)(=O)O)C1O. The minimum absolute atomic E-state index is 0.0437. The second-order valence-corrected chi connectivity index (χ2v) is 15.6. The van der Waals surface area contributed by atoms with Gasteiger partial charge in [0.15, 0.2) is 6.29 Å². The van der Waals surface area contributed by atoms with Crippen LogP contribution in [-0.4, -0.2) is 97.5 Å². The zero-order valence-corrected chi connectivity index (χ0v) is 33.5. The summed E-state index contributed by atoms with van der Waals surface area (Å²) in [5.74, 6) is -0.396. The molecule has 4 N–H and O–H groups in total. The predicted octanol–water partition coefficient (Wildman–Crippen LogP) is 7.74. The number of aliphatic hydroxyl groups is 3. The smallest absolute Gasteiger partial charge is 0.397 e. The highest BCUT2D eigenvalue weighted by molar-refractivity contribution is 7.80. The number of ether oxygens (including phenoxy) is 4. The van der Waals surface area contributed by atoms with Gasteiger partial charge < -0.3 is 34.3 Å². The van der Waals surface area contributed by atoms with Gasteiger partial charge >= 0.3 is 16.4 Å². The molecule has 13 heteroatoms. The Morgan fingerprint density at radius 1 is 0.654 bits per heavy atom. The normalized spacial score (nSPS) is 21.4. The van der Waals surface area contributed by atoms with E-state index < -0.39 is 59.8 Å². The maximum absolute atomic E-state index is 12.8. The van der Waals surface area contributed by atoms with Gasteiger partial charge in [0.1, 0.15) is 30.5 Å². The zero-order chi connectivity index (χ0) is 38.3. The third-order valence-corrected chi connectivity index (χ3v) is 10.2. The molecule has 0 saturated carbocycles. The van der Waals surface area contributed by atoms with Crippen LogP contribution in [0.4, 0.5) is 0 Å². The second kappa shape index (κ2) is 32.4. The van der Waals surface area contributed by atoms with Gasteiger partial charge in [0.25, 0.3) is 0 Å². The lowest BCUT2D eigenvalue weighted by Gasteiger charge is -2.41. The van der Waals surface area contributed by atoms with Crippen LogP contribution in [0.2, 0.25) is 0 Å². The summed E-state index contributed by atoms with van der Waals surface area (Å²) in [4.78, 5) is 12.8. The van der Waals surface area contributed by atoms with E-state index in [1.54, 1.807) is 0 Å². The van der Waals surface area contributed by atoms with Crippen LogP contribution >= 0.6 is 0 Å². The predicted molar refractivity (Wildman–Crippen MR) is 202 cm³/mol. The van der Waals surface area contributed by atoms with Crippen LogP contribution in [0.15, 0.2) is 0 Å². The van der Waals surface area contributed by atoms with E-state index >= 15 is 0 Å². The molecule has 1 rings (SSSR count). The largest absolute Gasteiger partial charge is 0.457 e. The van der Waals surface area contributed by atoms with Gasteiger partial charge in [-0.2, -0.15) is 8.42 Å². The first-order valence-corrected chi connectivity index (χ1v) is 22.2. The topological polar surface area (TPSA) is 178 Å². The molecule has 52 heavy (non-hydrogen) atoms. The highest BCUT2D eigenvalue weighted by atomic mass is 32.3. The summed E-state index contributed by atoms with van der Waals surface area (Å²) in [7, 11) is -5.05. The molecule has 1 aliphatic heterocycles. The van der Waals surface area contributed by atoms with Crippen LogP contribution in [0.3, 0.4) is 0 Å².